The lowest BCUT2D eigenvalue weighted by Gasteiger charge is -2.18. The highest BCUT2D eigenvalue weighted by atomic mass is 35.5. The second-order valence-electron chi connectivity index (χ2n) is 5.60. The molecule has 8 heteroatoms. The molecule has 1 aromatic heterocycles. The molecule has 0 bridgehead atoms. The van der Waals surface area contributed by atoms with E-state index in [1.54, 1.807) is 17.5 Å². The van der Waals surface area contributed by atoms with E-state index in [1.807, 2.05) is 13.8 Å². The van der Waals surface area contributed by atoms with Crippen molar-refractivity contribution in [2.75, 3.05) is 6.54 Å². The molecule has 4 nitrogen and oxygen atoms in total. The summed E-state index contributed by atoms with van der Waals surface area (Å²) in [5.74, 6) is -0.488. The summed E-state index contributed by atoms with van der Waals surface area (Å²) in [6, 6.07) is 6.26. The van der Waals surface area contributed by atoms with E-state index in [4.69, 9.17) is 5.73 Å². The van der Waals surface area contributed by atoms with Crippen LogP contribution in [0.4, 0.5) is 4.39 Å². The van der Waals surface area contributed by atoms with Crippen LogP contribution in [0.25, 0.3) is 0 Å². The molecule has 0 radical (unpaired) electrons. The van der Waals surface area contributed by atoms with E-state index in [9.17, 15) is 9.18 Å². The minimum absolute atomic E-state index is 0. The number of benzene rings is 1. The molecule has 0 atom stereocenters. The SMILES string of the molecule is CC(C)(N)CNC(=O)c1csc(Cc2ccc(F)cc2)n1.Cl.Cl. The number of aromatic nitrogens is 1. The molecule has 0 fully saturated rings. The van der Waals surface area contributed by atoms with Crippen molar-refractivity contribution in [1.82, 2.24) is 10.3 Å². The number of hydrogen-bond donors (Lipinski definition) is 2. The molecular formula is C15H20Cl2FN3OS. The van der Waals surface area contributed by atoms with Crippen molar-refractivity contribution in [1.29, 1.82) is 0 Å². The van der Waals surface area contributed by atoms with E-state index in [0.29, 0.717) is 18.7 Å². The number of rotatable bonds is 5. The van der Waals surface area contributed by atoms with Gasteiger partial charge in [-0.05, 0) is 31.5 Å². The monoisotopic (exact) mass is 379 g/mol. The van der Waals surface area contributed by atoms with Crippen LogP contribution in [0.5, 0.6) is 0 Å². The molecule has 0 aliphatic heterocycles. The molecule has 128 valence electrons. The predicted octanol–water partition coefficient (Wildman–Crippen LogP) is 3.18. The molecule has 2 aromatic rings. The predicted molar refractivity (Wildman–Crippen MR) is 96.4 cm³/mol. The van der Waals surface area contributed by atoms with Crippen molar-refractivity contribution < 1.29 is 9.18 Å². The Labute approximate surface area is 151 Å². The smallest absolute Gasteiger partial charge is 0.270 e. The van der Waals surface area contributed by atoms with Crippen LogP contribution in [0, 0.1) is 5.82 Å². The van der Waals surface area contributed by atoms with Gasteiger partial charge >= 0.3 is 0 Å². The fourth-order valence-corrected chi connectivity index (χ4v) is 2.48. The maximum absolute atomic E-state index is 12.8. The molecule has 23 heavy (non-hydrogen) atoms. The average Bonchev–Trinajstić information content (AvgIpc) is 2.86. The largest absolute Gasteiger partial charge is 0.349 e. The van der Waals surface area contributed by atoms with Crippen LogP contribution in [0.3, 0.4) is 0 Å². The molecule has 0 unspecified atom stereocenters. The van der Waals surface area contributed by atoms with E-state index in [-0.39, 0.29) is 36.5 Å². The summed E-state index contributed by atoms with van der Waals surface area (Å²) in [7, 11) is 0. The lowest BCUT2D eigenvalue weighted by atomic mass is 10.1. The Morgan fingerprint density at radius 1 is 1.30 bits per heavy atom. The van der Waals surface area contributed by atoms with Crippen molar-refractivity contribution in [3.63, 3.8) is 0 Å². The topological polar surface area (TPSA) is 68.0 Å². The van der Waals surface area contributed by atoms with Gasteiger partial charge in [-0.25, -0.2) is 9.37 Å². The second-order valence-corrected chi connectivity index (χ2v) is 6.54. The Balaban J connectivity index is 0.00000242. The number of nitrogens with one attached hydrogen (secondary N) is 1. The minimum Gasteiger partial charge on any atom is -0.349 e. The highest BCUT2D eigenvalue weighted by Gasteiger charge is 2.15. The van der Waals surface area contributed by atoms with Crippen LogP contribution in [-0.2, 0) is 6.42 Å². The van der Waals surface area contributed by atoms with Gasteiger partial charge in [-0.1, -0.05) is 12.1 Å². The third-order valence-electron chi connectivity index (χ3n) is 2.76. The van der Waals surface area contributed by atoms with Gasteiger partial charge in [0.1, 0.15) is 11.5 Å². The fraction of sp³-hybridized carbons (Fsp3) is 0.333. The first kappa shape index (κ1) is 21.8. The van der Waals surface area contributed by atoms with Gasteiger partial charge in [0.15, 0.2) is 0 Å². The van der Waals surface area contributed by atoms with Gasteiger partial charge in [-0.15, -0.1) is 36.2 Å². The van der Waals surface area contributed by atoms with Crippen LogP contribution < -0.4 is 11.1 Å². The van der Waals surface area contributed by atoms with E-state index in [0.717, 1.165) is 10.6 Å². The summed E-state index contributed by atoms with van der Waals surface area (Å²) >= 11 is 1.41. The summed E-state index contributed by atoms with van der Waals surface area (Å²) < 4.78 is 12.8. The minimum atomic E-state index is -0.456. The zero-order valence-corrected chi connectivity index (χ0v) is 15.3. The summed E-state index contributed by atoms with van der Waals surface area (Å²) in [4.78, 5) is 16.2. The molecule has 0 aliphatic rings. The lowest BCUT2D eigenvalue weighted by Crippen LogP contribution is -2.45. The standard InChI is InChI=1S/C15H18FN3OS.2ClH/c1-15(2,17)9-18-14(20)12-8-21-13(19-12)7-10-3-5-11(16)6-4-10;;/h3-6,8H,7,9,17H2,1-2H3,(H,18,20);2*1H. The molecule has 1 aromatic carbocycles. The number of amides is 1. The zero-order chi connectivity index (χ0) is 15.5. The first-order chi connectivity index (χ1) is 9.83. The number of thiazole rings is 1. The van der Waals surface area contributed by atoms with Crippen molar-refractivity contribution in [3.05, 3.63) is 51.7 Å². The Morgan fingerprint density at radius 2 is 1.91 bits per heavy atom. The summed E-state index contributed by atoms with van der Waals surface area (Å²) in [5.41, 5.74) is 6.71. The van der Waals surface area contributed by atoms with Crippen LogP contribution in [0.15, 0.2) is 29.6 Å². The molecule has 0 saturated carbocycles. The zero-order valence-electron chi connectivity index (χ0n) is 12.8. The average molecular weight is 380 g/mol. The van der Waals surface area contributed by atoms with E-state index in [1.165, 1.54) is 23.5 Å². The molecule has 1 amide bonds. The van der Waals surface area contributed by atoms with Crippen LogP contribution in [0.2, 0.25) is 0 Å². The van der Waals surface area contributed by atoms with E-state index < -0.39 is 5.54 Å². The van der Waals surface area contributed by atoms with Crippen LogP contribution >= 0.6 is 36.2 Å². The summed E-state index contributed by atoms with van der Waals surface area (Å²) in [5, 5.41) is 5.29. The summed E-state index contributed by atoms with van der Waals surface area (Å²) in [6.07, 6.45) is 0.584. The molecule has 0 aliphatic carbocycles. The molecule has 2 rings (SSSR count). The molecule has 0 spiro atoms. The second kappa shape index (κ2) is 9.17. The number of halogens is 3. The number of hydrogen-bond acceptors (Lipinski definition) is 4. The summed E-state index contributed by atoms with van der Waals surface area (Å²) in [6.45, 7) is 4.07. The van der Waals surface area contributed by atoms with Gasteiger partial charge < -0.3 is 11.1 Å². The van der Waals surface area contributed by atoms with Gasteiger partial charge in [0.2, 0.25) is 0 Å². The van der Waals surface area contributed by atoms with Crippen LogP contribution in [-0.4, -0.2) is 23.0 Å². The normalized spacial score (nSPS) is 10.4. The Bertz CT molecular complexity index is 626. The molecule has 3 N–H and O–H groups in total. The van der Waals surface area contributed by atoms with E-state index in [2.05, 4.69) is 10.3 Å². The molecule has 1 heterocycles. The lowest BCUT2D eigenvalue weighted by molar-refractivity contribution is 0.0941. The van der Waals surface area contributed by atoms with Gasteiger partial charge in [-0.3, -0.25) is 4.79 Å². The van der Waals surface area contributed by atoms with Crippen molar-refractivity contribution in [3.8, 4) is 0 Å². The maximum Gasteiger partial charge on any atom is 0.270 e. The highest BCUT2D eigenvalue weighted by molar-refractivity contribution is 7.09. The molecular weight excluding hydrogens is 360 g/mol. The number of carbonyl (C=O) groups is 1. The number of nitrogens with two attached hydrogens (primary N) is 1. The van der Waals surface area contributed by atoms with Crippen molar-refractivity contribution in [2.45, 2.75) is 25.8 Å². The van der Waals surface area contributed by atoms with Crippen LogP contribution in [0.1, 0.15) is 34.9 Å². The van der Waals surface area contributed by atoms with Gasteiger partial charge in [-0.2, -0.15) is 0 Å². The first-order valence-corrected chi connectivity index (χ1v) is 7.47. The van der Waals surface area contributed by atoms with Gasteiger partial charge in [0.25, 0.3) is 5.91 Å². The van der Waals surface area contributed by atoms with Crippen molar-refractivity contribution in [2.24, 2.45) is 5.73 Å². The number of nitrogens with zero attached hydrogens (tertiary/aromatic N) is 1. The third kappa shape index (κ3) is 7.26. The third-order valence-corrected chi connectivity index (χ3v) is 3.61. The van der Waals surface area contributed by atoms with Crippen molar-refractivity contribution >= 4 is 42.1 Å². The van der Waals surface area contributed by atoms with Gasteiger partial charge in [0.05, 0.1) is 5.01 Å². The molecule has 0 saturated heterocycles. The maximum atomic E-state index is 12.8. The van der Waals surface area contributed by atoms with Gasteiger partial charge in [0, 0.05) is 23.9 Å². The Morgan fingerprint density at radius 3 is 2.48 bits per heavy atom. The quantitative estimate of drug-likeness (QED) is 0.837. The fourth-order valence-electron chi connectivity index (χ4n) is 1.67. The number of carbonyl (C=O) groups excluding carboxylic acids is 1. The Kier molecular flexibility index (Phi) is 8.69. The first-order valence-electron chi connectivity index (χ1n) is 6.59. The highest BCUT2D eigenvalue weighted by Crippen LogP contribution is 2.15. The van der Waals surface area contributed by atoms with E-state index >= 15 is 0 Å². The Hall–Kier alpha value is -1.21.